The van der Waals surface area contributed by atoms with Crippen LogP contribution in [-0.2, 0) is 6.54 Å². The van der Waals surface area contributed by atoms with Gasteiger partial charge in [0.05, 0.1) is 23.1 Å². The van der Waals surface area contributed by atoms with E-state index in [2.05, 4.69) is 15.6 Å². The number of nitrogens with zero attached hydrogens (tertiary/aromatic N) is 2. The fraction of sp³-hybridized carbons (Fsp3) is 0.143. The Morgan fingerprint density at radius 3 is 2.95 bits per heavy atom. The molecule has 19 heavy (non-hydrogen) atoms. The number of carboxylic acid groups (broad SMARTS) is 1. The van der Waals surface area contributed by atoms with Crippen LogP contribution in [0.4, 0.5) is 0 Å². The van der Waals surface area contributed by atoms with E-state index >= 15 is 0 Å². The molecular weight excluding hydrogens is 260 g/mol. The number of hydrogen-bond donors (Lipinski definition) is 1. The van der Waals surface area contributed by atoms with Gasteiger partial charge in [0, 0.05) is 4.88 Å². The second-order valence-corrected chi connectivity index (χ2v) is 5.37. The van der Waals surface area contributed by atoms with Crippen LogP contribution in [0.3, 0.4) is 0 Å². The minimum absolute atomic E-state index is 0.272. The molecule has 0 aliphatic rings. The van der Waals surface area contributed by atoms with Gasteiger partial charge in [-0.3, -0.25) is 0 Å². The van der Waals surface area contributed by atoms with Crippen molar-refractivity contribution in [1.82, 2.24) is 9.55 Å². The first kappa shape index (κ1) is 11.9. The summed E-state index contributed by atoms with van der Waals surface area (Å²) in [6.45, 7) is 2.71. The summed E-state index contributed by atoms with van der Waals surface area (Å²) in [4.78, 5) is 16.7. The maximum atomic E-state index is 11.0. The van der Waals surface area contributed by atoms with E-state index in [9.17, 15) is 4.79 Å². The first-order valence-electron chi connectivity index (χ1n) is 5.88. The SMILES string of the molecule is Cc1nc2cc(C(=O)O)ccc2n1Cc1cccs1. The zero-order valence-corrected chi connectivity index (χ0v) is 11.1. The van der Waals surface area contributed by atoms with Crippen LogP contribution in [0.5, 0.6) is 0 Å². The van der Waals surface area contributed by atoms with Crippen molar-refractivity contribution in [2.24, 2.45) is 0 Å². The fourth-order valence-corrected chi connectivity index (χ4v) is 2.83. The first-order chi connectivity index (χ1) is 9.15. The van der Waals surface area contributed by atoms with Crippen LogP contribution in [0.1, 0.15) is 21.1 Å². The molecule has 4 nitrogen and oxygen atoms in total. The van der Waals surface area contributed by atoms with Crippen LogP contribution >= 0.6 is 11.3 Å². The number of aryl methyl sites for hydroxylation is 1. The third-order valence-electron chi connectivity index (χ3n) is 3.08. The average Bonchev–Trinajstić information content (AvgIpc) is 2.98. The van der Waals surface area contributed by atoms with E-state index in [1.807, 2.05) is 24.4 Å². The van der Waals surface area contributed by atoms with E-state index in [0.717, 1.165) is 23.4 Å². The molecule has 3 aromatic rings. The Labute approximate surface area is 113 Å². The summed E-state index contributed by atoms with van der Waals surface area (Å²) in [6.07, 6.45) is 0. The molecule has 2 aromatic heterocycles. The van der Waals surface area contributed by atoms with Crippen molar-refractivity contribution in [3.05, 3.63) is 52.0 Å². The number of fused-ring (bicyclic) bond motifs is 1. The van der Waals surface area contributed by atoms with E-state index in [1.54, 1.807) is 23.5 Å². The monoisotopic (exact) mass is 272 g/mol. The molecule has 1 N–H and O–H groups in total. The minimum atomic E-state index is -0.924. The number of carboxylic acids is 1. The summed E-state index contributed by atoms with van der Waals surface area (Å²) in [6, 6.07) is 9.18. The molecule has 0 radical (unpaired) electrons. The van der Waals surface area contributed by atoms with Crippen molar-refractivity contribution in [3.8, 4) is 0 Å². The molecule has 0 fully saturated rings. The molecule has 96 valence electrons. The highest BCUT2D eigenvalue weighted by molar-refractivity contribution is 7.09. The largest absolute Gasteiger partial charge is 0.478 e. The lowest BCUT2D eigenvalue weighted by atomic mass is 10.2. The molecule has 3 rings (SSSR count). The van der Waals surface area contributed by atoms with Gasteiger partial charge >= 0.3 is 5.97 Å². The zero-order chi connectivity index (χ0) is 13.4. The molecule has 1 aromatic carbocycles. The van der Waals surface area contributed by atoms with Crippen molar-refractivity contribution >= 4 is 28.3 Å². The van der Waals surface area contributed by atoms with Crippen LogP contribution in [-0.4, -0.2) is 20.6 Å². The van der Waals surface area contributed by atoms with Gasteiger partial charge in [-0.15, -0.1) is 11.3 Å². The van der Waals surface area contributed by atoms with Crippen molar-refractivity contribution in [2.75, 3.05) is 0 Å². The summed E-state index contributed by atoms with van der Waals surface area (Å²) < 4.78 is 2.10. The Morgan fingerprint density at radius 2 is 2.26 bits per heavy atom. The lowest BCUT2D eigenvalue weighted by molar-refractivity contribution is 0.0697. The predicted molar refractivity (Wildman–Crippen MR) is 74.9 cm³/mol. The quantitative estimate of drug-likeness (QED) is 0.796. The molecule has 0 spiro atoms. The van der Waals surface area contributed by atoms with Gasteiger partial charge in [-0.1, -0.05) is 6.07 Å². The predicted octanol–water partition coefficient (Wildman–Crippen LogP) is 3.15. The fourth-order valence-electron chi connectivity index (χ4n) is 2.14. The van der Waals surface area contributed by atoms with Gasteiger partial charge in [-0.05, 0) is 36.6 Å². The van der Waals surface area contributed by atoms with Gasteiger partial charge in [0.25, 0.3) is 0 Å². The lowest BCUT2D eigenvalue weighted by Crippen LogP contribution is -2.00. The lowest BCUT2D eigenvalue weighted by Gasteiger charge is -2.04. The molecule has 0 saturated heterocycles. The van der Waals surface area contributed by atoms with Gasteiger partial charge in [-0.2, -0.15) is 0 Å². The topological polar surface area (TPSA) is 55.1 Å². The van der Waals surface area contributed by atoms with Crippen LogP contribution in [0.15, 0.2) is 35.7 Å². The number of imidazole rings is 1. The van der Waals surface area contributed by atoms with Gasteiger partial charge in [-0.25, -0.2) is 9.78 Å². The van der Waals surface area contributed by atoms with Gasteiger partial charge in [0.1, 0.15) is 5.82 Å². The normalized spacial score (nSPS) is 11.0. The highest BCUT2D eigenvalue weighted by Gasteiger charge is 2.11. The number of aromatic carboxylic acids is 1. The third-order valence-corrected chi connectivity index (χ3v) is 3.94. The number of carbonyl (C=O) groups is 1. The van der Waals surface area contributed by atoms with Gasteiger partial charge in [0.15, 0.2) is 0 Å². The van der Waals surface area contributed by atoms with Gasteiger partial charge in [0.2, 0.25) is 0 Å². The highest BCUT2D eigenvalue weighted by atomic mass is 32.1. The minimum Gasteiger partial charge on any atom is -0.478 e. The standard InChI is InChI=1S/C14H12N2O2S/c1-9-15-12-7-10(14(17)18)4-5-13(12)16(9)8-11-3-2-6-19-11/h2-7H,8H2,1H3,(H,17,18). The molecule has 0 aliphatic carbocycles. The maximum Gasteiger partial charge on any atom is 0.335 e. The van der Waals surface area contributed by atoms with E-state index < -0.39 is 5.97 Å². The number of hydrogen-bond acceptors (Lipinski definition) is 3. The molecule has 0 aliphatic heterocycles. The Hall–Kier alpha value is -2.14. The third kappa shape index (κ3) is 2.13. The van der Waals surface area contributed by atoms with Crippen LogP contribution in [0.25, 0.3) is 11.0 Å². The summed E-state index contributed by atoms with van der Waals surface area (Å²) in [5, 5.41) is 11.0. The Kier molecular flexibility index (Phi) is 2.83. The van der Waals surface area contributed by atoms with Crippen LogP contribution in [0, 0.1) is 6.92 Å². The number of aromatic nitrogens is 2. The van der Waals surface area contributed by atoms with Gasteiger partial charge < -0.3 is 9.67 Å². The molecule has 0 amide bonds. The Morgan fingerprint density at radius 1 is 1.42 bits per heavy atom. The van der Waals surface area contributed by atoms with Crippen molar-refractivity contribution in [1.29, 1.82) is 0 Å². The van der Waals surface area contributed by atoms with E-state index in [4.69, 9.17) is 5.11 Å². The summed E-state index contributed by atoms with van der Waals surface area (Å²) in [5.41, 5.74) is 1.97. The summed E-state index contributed by atoms with van der Waals surface area (Å²) in [7, 11) is 0. The number of rotatable bonds is 3. The van der Waals surface area contributed by atoms with Crippen LogP contribution < -0.4 is 0 Å². The molecule has 0 atom stereocenters. The van der Waals surface area contributed by atoms with E-state index in [-0.39, 0.29) is 5.56 Å². The number of thiophene rings is 1. The smallest absolute Gasteiger partial charge is 0.335 e. The number of benzene rings is 1. The highest BCUT2D eigenvalue weighted by Crippen LogP contribution is 2.20. The Bertz CT molecular complexity index is 744. The van der Waals surface area contributed by atoms with Crippen molar-refractivity contribution < 1.29 is 9.90 Å². The summed E-state index contributed by atoms with van der Waals surface area (Å²) >= 11 is 1.70. The molecule has 0 bridgehead atoms. The first-order valence-corrected chi connectivity index (χ1v) is 6.75. The molecular formula is C14H12N2O2S. The summed E-state index contributed by atoms with van der Waals surface area (Å²) in [5.74, 6) is -0.0294. The van der Waals surface area contributed by atoms with Crippen LogP contribution in [0.2, 0.25) is 0 Å². The second-order valence-electron chi connectivity index (χ2n) is 4.33. The average molecular weight is 272 g/mol. The molecule has 2 heterocycles. The van der Waals surface area contributed by atoms with Crippen molar-refractivity contribution in [2.45, 2.75) is 13.5 Å². The maximum absolute atomic E-state index is 11.0. The van der Waals surface area contributed by atoms with E-state index in [0.29, 0.717) is 0 Å². The van der Waals surface area contributed by atoms with Crippen molar-refractivity contribution in [3.63, 3.8) is 0 Å². The molecule has 5 heteroatoms. The zero-order valence-electron chi connectivity index (χ0n) is 10.3. The Balaban J connectivity index is 2.09. The second kappa shape index (κ2) is 4.51. The molecule has 0 saturated carbocycles. The van der Waals surface area contributed by atoms with E-state index in [1.165, 1.54) is 4.88 Å². The molecule has 0 unspecified atom stereocenters.